The third-order valence-electron chi connectivity index (χ3n) is 1.95. The number of rotatable bonds is 1. The molecule has 0 saturated heterocycles. The molecule has 1 rings (SSSR count). The third-order valence-corrected chi connectivity index (χ3v) is 1.95. The Hall–Kier alpha value is -1.72. The summed E-state index contributed by atoms with van der Waals surface area (Å²) in [5, 5.41) is 9.10. The summed E-state index contributed by atoms with van der Waals surface area (Å²) in [7, 11) is 2.68. The molecule has 0 saturated carbocycles. The lowest BCUT2D eigenvalue weighted by Gasteiger charge is -2.16. The predicted octanol–water partition coefficient (Wildman–Crippen LogP) is 2.11. The molecule has 1 amide bonds. The highest BCUT2D eigenvalue weighted by Gasteiger charge is 2.35. The van der Waals surface area contributed by atoms with Crippen molar-refractivity contribution in [2.24, 2.45) is 0 Å². The van der Waals surface area contributed by atoms with Crippen LogP contribution in [0.25, 0.3) is 0 Å². The van der Waals surface area contributed by atoms with E-state index in [1.165, 1.54) is 14.1 Å². The number of carbonyl (C=O) groups is 1. The molecule has 0 atom stereocenters. The number of halogens is 3. The quantitative estimate of drug-likeness (QED) is 0.807. The smallest absolute Gasteiger partial charge is 0.417 e. The highest BCUT2D eigenvalue weighted by molar-refractivity contribution is 5.96. The molecule has 0 aliphatic rings. The van der Waals surface area contributed by atoms with Gasteiger partial charge in [-0.15, -0.1) is 0 Å². The summed E-state index contributed by atoms with van der Waals surface area (Å²) in [5.74, 6) is -1.18. The van der Waals surface area contributed by atoms with Gasteiger partial charge < -0.3 is 10.0 Å². The van der Waals surface area contributed by atoms with E-state index in [1.54, 1.807) is 0 Å². The first-order valence-electron chi connectivity index (χ1n) is 4.35. The van der Waals surface area contributed by atoms with Crippen LogP contribution in [0.2, 0.25) is 0 Å². The number of phenolic OH excluding ortho intramolecular Hbond substituents is 1. The molecular formula is C10H10F3NO2. The molecule has 88 valence electrons. The molecule has 0 unspecified atom stereocenters. The van der Waals surface area contributed by atoms with E-state index in [0.717, 1.165) is 17.0 Å². The van der Waals surface area contributed by atoms with E-state index in [4.69, 9.17) is 5.11 Å². The number of alkyl halides is 3. The van der Waals surface area contributed by atoms with Gasteiger partial charge in [-0.2, -0.15) is 13.2 Å². The number of carbonyl (C=O) groups excluding carboxylic acids is 1. The number of nitrogens with zero attached hydrogens (tertiary/aromatic N) is 1. The van der Waals surface area contributed by atoms with Crippen LogP contribution in [0, 0.1) is 0 Å². The zero-order valence-corrected chi connectivity index (χ0v) is 8.67. The zero-order valence-electron chi connectivity index (χ0n) is 8.67. The van der Waals surface area contributed by atoms with E-state index in [0.29, 0.717) is 6.07 Å². The molecule has 6 heteroatoms. The van der Waals surface area contributed by atoms with Gasteiger partial charge in [-0.05, 0) is 18.2 Å². The first kappa shape index (κ1) is 12.4. The Morgan fingerprint density at radius 3 is 2.31 bits per heavy atom. The SMILES string of the molecule is CN(C)C(=O)c1cc(O)ccc1C(F)(F)F. The van der Waals surface area contributed by atoms with Gasteiger partial charge in [-0.1, -0.05) is 0 Å². The summed E-state index contributed by atoms with van der Waals surface area (Å²) in [6.07, 6.45) is -4.62. The van der Waals surface area contributed by atoms with Crippen molar-refractivity contribution in [3.63, 3.8) is 0 Å². The van der Waals surface area contributed by atoms with E-state index in [9.17, 15) is 18.0 Å². The predicted molar refractivity (Wildman–Crippen MR) is 51.1 cm³/mol. The molecule has 0 radical (unpaired) electrons. The van der Waals surface area contributed by atoms with Crippen LogP contribution in [0.4, 0.5) is 13.2 Å². The van der Waals surface area contributed by atoms with Crippen molar-refractivity contribution in [3.05, 3.63) is 29.3 Å². The summed E-state index contributed by atoms with van der Waals surface area (Å²) in [6.45, 7) is 0. The summed E-state index contributed by atoms with van der Waals surface area (Å²) in [5.41, 5.74) is -1.61. The van der Waals surface area contributed by atoms with Crippen LogP contribution < -0.4 is 0 Å². The lowest BCUT2D eigenvalue weighted by Crippen LogP contribution is -2.25. The normalized spacial score (nSPS) is 11.3. The van der Waals surface area contributed by atoms with Crippen molar-refractivity contribution in [2.45, 2.75) is 6.18 Å². The molecule has 0 heterocycles. The molecule has 0 bridgehead atoms. The number of phenols is 1. The number of benzene rings is 1. The minimum atomic E-state index is -4.62. The second-order valence-corrected chi connectivity index (χ2v) is 3.43. The first-order valence-corrected chi connectivity index (χ1v) is 4.35. The molecule has 16 heavy (non-hydrogen) atoms. The largest absolute Gasteiger partial charge is 0.508 e. The van der Waals surface area contributed by atoms with E-state index in [2.05, 4.69) is 0 Å². The van der Waals surface area contributed by atoms with Crippen LogP contribution in [-0.4, -0.2) is 30.0 Å². The fourth-order valence-electron chi connectivity index (χ4n) is 1.20. The van der Waals surface area contributed by atoms with Crippen molar-refractivity contribution in [3.8, 4) is 5.75 Å². The number of hydrogen-bond acceptors (Lipinski definition) is 2. The minimum absolute atomic E-state index is 0.377. The molecule has 0 aromatic heterocycles. The second-order valence-electron chi connectivity index (χ2n) is 3.43. The molecule has 0 aliphatic heterocycles. The highest BCUT2D eigenvalue weighted by atomic mass is 19.4. The number of aromatic hydroxyl groups is 1. The Kier molecular flexibility index (Phi) is 3.11. The first-order chi connectivity index (χ1) is 7.23. The lowest BCUT2D eigenvalue weighted by molar-refractivity contribution is -0.138. The van der Waals surface area contributed by atoms with Gasteiger partial charge in [-0.25, -0.2) is 0 Å². The Morgan fingerprint density at radius 1 is 1.31 bits per heavy atom. The van der Waals surface area contributed by atoms with Gasteiger partial charge in [-0.3, -0.25) is 4.79 Å². The Balaban J connectivity index is 3.35. The van der Waals surface area contributed by atoms with Crippen LogP contribution in [0.5, 0.6) is 5.75 Å². The Morgan fingerprint density at radius 2 is 1.88 bits per heavy atom. The summed E-state index contributed by atoms with van der Waals surface area (Å²) in [4.78, 5) is 12.5. The molecule has 1 N–H and O–H groups in total. The van der Waals surface area contributed by atoms with Gasteiger partial charge in [0.05, 0.1) is 11.1 Å². The van der Waals surface area contributed by atoms with Crippen molar-refractivity contribution >= 4 is 5.91 Å². The Labute approximate surface area is 90.1 Å². The molecule has 0 aliphatic carbocycles. The monoisotopic (exact) mass is 233 g/mol. The summed E-state index contributed by atoms with van der Waals surface area (Å²) >= 11 is 0. The van der Waals surface area contributed by atoms with Crippen LogP contribution in [-0.2, 0) is 6.18 Å². The average Bonchev–Trinajstić information content (AvgIpc) is 2.14. The maximum absolute atomic E-state index is 12.6. The van der Waals surface area contributed by atoms with Gasteiger partial charge in [0.1, 0.15) is 5.75 Å². The maximum Gasteiger partial charge on any atom is 0.417 e. The summed E-state index contributed by atoms with van der Waals surface area (Å²) < 4.78 is 37.7. The van der Waals surface area contributed by atoms with Crippen molar-refractivity contribution in [1.82, 2.24) is 4.90 Å². The van der Waals surface area contributed by atoms with Crippen LogP contribution in [0.3, 0.4) is 0 Å². The highest BCUT2D eigenvalue weighted by Crippen LogP contribution is 2.33. The standard InChI is InChI=1S/C10H10F3NO2/c1-14(2)9(16)7-5-6(15)3-4-8(7)10(11,12)13/h3-5,15H,1-2H3. The van der Waals surface area contributed by atoms with Gasteiger partial charge in [0.2, 0.25) is 0 Å². The molecule has 1 aromatic rings. The Bertz CT molecular complexity index is 413. The van der Waals surface area contributed by atoms with Gasteiger partial charge >= 0.3 is 6.18 Å². The summed E-state index contributed by atoms with van der Waals surface area (Å²) in [6, 6.07) is 2.40. The van der Waals surface area contributed by atoms with Crippen molar-refractivity contribution in [2.75, 3.05) is 14.1 Å². The fourth-order valence-corrected chi connectivity index (χ4v) is 1.20. The average molecular weight is 233 g/mol. The maximum atomic E-state index is 12.6. The van der Waals surface area contributed by atoms with Crippen LogP contribution >= 0.6 is 0 Å². The fraction of sp³-hybridized carbons (Fsp3) is 0.300. The molecule has 3 nitrogen and oxygen atoms in total. The van der Waals surface area contributed by atoms with Crippen molar-refractivity contribution < 1.29 is 23.1 Å². The van der Waals surface area contributed by atoms with Gasteiger partial charge in [0.15, 0.2) is 0 Å². The lowest BCUT2D eigenvalue weighted by atomic mass is 10.1. The van der Waals surface area contributed by atoms with Crippen molar-refractivity contribution in [1.29, 1.82) is 0 Å². The topological polar surface area (TPSA) is 40.5 Å². The van der Waals surface area contributed by atoms with E-state index in [-0.39, 0.29) is 5.75 Å². The molecule has 1 aromatic carbocycles. The van der Waals surface area contributed by atoms with E-state index in [1.807, 2.05) is 0 Å². The number of amides is 1. The van der Waals surface area contributed by atoms with Crippen LogP contribution in [0.1, 0.15) is 15.9 Å². The number of hydrogen-bond donors (Lipinski definition) is 1. The molecule has 0 spiro atoms. The third kappa shape index (κ3) is 2.44. The van der Waals surface area contributed by atoms with E-state index < -0.39 is 23.2 Å². The zero-order chi connectivity index (χ0) is 12.5. The van der Waals surface area contributed by atoms with Crippen LogP contribution in [0.15, 0.2) is 18.2 Å². The van der Waals surface area contributed by atoms with Gasteiger partial charge in [0.25, 0.3) is 5.91 Å². The van der Waals surface area contributed by atoms with E-state index >= 15 is 0 Å². The molecule has 0 fully saturated rings. The van der Waals surface area contributed by atoms with Gasteiger partial charge in [0, 0.05) is 14.1 Å². The second kappa shape index (κ2) is 4.03. The molecular weight excluding hydrogens is 223 g/mol. The minimum Gasteiger partial charge on any atom is -0.508 e.